The second-order valence-electron chi connectivity index (χ2n) is 10.1. The maximum Gasteiger partial charge on any atom is 0.311 e. The summed E-state index contributed by atoms with van der Waals surface area (Å²) in [4.78, 5) is 12.5. The summed E-state index contributed by atoms with van der Waals surface area (Å²) in [6.07, 6.45) is 4.80. The molecule has 0 radical (unpaired) electrons. The fourth-order valence-electron chi connectivity index (χ4n) is 5.10. The highest BCUT2D eigenvalue weighted by Crippen LogP contribution is 2.39. The van der Waals surface area contributed by atoms with Crippen molar-refractivity contribution in [2.75, 3.05) is 40.5 Å². The van der Waals surface area contributed by atoms with Crippen molar-refractivity contribution in [3.8, 4) is 5.75 Å². The van der Waals surface area contributed by atoms with Gasteiger partial charge in [0, 0.05) is 25.0 Å². The van der Waals surface area contributed by atoms with Gasteiger partial charge in [0.05, 0.1) is 40.3 Å². The number of aryl methyl sites for hydroxylation is 3. The van der Waals surface area contributed by atoms with E-state index in [2.05, 4.69) is 58.2 Å². The summed E-state index contributed by atoms with van der Waals surface area (Å²) in [5.41, 5.74) is 7.91. The van der Waals surface area contributed by atoms with Crippen LogP contribution < -0.4 is 4.74 Å². The molecule has 3 rings (SSSR count). The van der Waals surface area contributed by atoms with Gasteiger partial charge < -0.3 is 19.1 Å². The number of nitrogens with zero attached hydrogens (tertiary/aromatic N) is 1. The van der Waals surface area contributed by atoms with Crippen molar-refractivity contribution in [1.82, 2.24) is 0 Å². The summed E-state index contributed by atoms with van der Waals surface area (Å²) >= 11 is 0. The first-order valence-electron chi connectivity index (χ1n) is 12.6. The molecule has 5 nitrogen and oxygen atoms in total. The maximum atomic E-state index is 12.5. The number of hydrogen-bond donors (Lipinski definition) is 1. The minimum Gasteiger partial charge on any atom is -0.496 e. The van der Waals surface area contributed by atoms with Gasteiger partial charge in [0.25, 0.3) is 0 Å². The molecule has 0 saturated heterocycles. The number of ether oxygens (including phenoxy) is 2. The first-order valence-corrected chi connectivity index (χ1v) is 12.6. The van der Waals surface area contributed by atoms with E-state index >= 15 is 0 Å². The lowest BCUT2D eigenvalue weighted by Crippen LogP contribution is -2.53. The Bertz CT molecular complexity index is 986. The third kappa shape index (κ3) is 6.39. The topological polar surface area (TPSA) is 55.8 Å². The Kier molecular flexibility index (Phi) is 9.15. The van der Waals surface area contributed by atoms with E-state index < -0.39 is 0 Å². The minimum absolute atomic E-state index is 0.120. The fraction of sp³-hybridized carbons (Fsp3) is 0.552. The number of esters is 1. The van der Waals surface area contributed by atoms with Crippen molar-refractivity contribution in [3.63, 3.8) is 0 Å². The van der Waals surface area contributed by atoms with Crippen LogP contribution >= 0.6 is 0 Å². The second kappa shape index (κ2) is 11.9. The van der Waals surface area contributed by atoms with Gasteiger partial charge >= 0.3 is 5.97 Å². The number of carbonyl (C=O) groups is 1. The van der Waals surface area contributed by atoms with Gasteiger partial charge in [0.15, 0.2) is 0 Å². The molecule has 2 aromatic carbocycles. The summed E-state index contributed by atoms with van der Waals surface area (Å²) in [5.74, 6) is 0.803. The molecule has 0 amide bonds. The Labute approximate surface area is 205 Å². The lowest BCUT2D eigenvalue weighted by Gasteiger charge is -2.46. The van der Waals surface area contributed by atoms with Crippen molar-refractivity contribution in [2.45, 2.75) is 65.3 Å². The van der Waals surface area contributed by atoms with Crippen LogP contribution in [0.5, 0.6) is 5.75 Å². The van der Waals surface area contributed by atoms with Gasteiger partial charge in [-0.05, 0) is 80.0 Å². The van der Waals surface area contributed by atoms with Crippen LogP contribution in [0.15, 0.2) is 30.3 Å². The molecule has 0 bridgehead atoms. The molecule has 0 saturated carbocycles. The molecule has 0 aromatic heterocycles. The van der Waals surface area contributed by atoms with E-state index in [0.717, 1.165) is 61.0 Å². The van der Waals surface area contributed by atoms with Gasteiger partial charge in [-0.25, -0.2) is 0 Å². The molecule has 1 N–H and O–H groups in total. The van der Waals surface area contributed by atoms with Crippen LogP contribution in [-0.4, -0.2) is 56.0 Å². The van der Waals surface area contributed by atoms with Crippen LogP contribution in [0.3, 0.4) is 0 Å². The van der Waals surface area contributed by atoms with E-state index in [-0.39, 0.29) is 18.6 Å². The predicted octanol–water partition coefficient (Wildman–Crippen LogP) is 5.00. The highest BCUT2D eigenvalue weighted by molar-refractivity contribution is 5.69. The van der Waals surface area contributed by atoms with E-state index in [9.17, 15) is 4.79 Å². The largest absolute Gasteiger partial charge is 0.496 e. The molecule has 2 atom stereocenters. The van der Waals surface area contributed by atoms with Crippen LogP contribution in [0, 0.1) is 20.8 Å². The van der Waals surface area contributed by atoms with Crippen molar-refractivity contribution < 1.29 is 23.9 Å². The van der Waals surface area contributed by atoms with Crippen LogP contribution in [0.2, 0.25) is 0 Å². The number of aliphatic hydroxyl groups excluding tert-OH is 1. The standard InChI is InChI=1S/C29H42NO4/c1-21-9-10-24(20-28(21)33-5)19-27-26-18-23(3)22(2)17-25(26)11-13-30(27,4)14-12-29(32)34-16-8-6-7-15-31/h9-10,17-18,20,27,31H,6-8,11-16,19H2,1-5H3/q+1/t27-,30-/m1/s1. The number of unbranched alkanes of at least 4 members (excludes halogenated alkanes) is 2. The van der Waals surface area contributed by atoms with Crippen molar-refractivity contribution in [1.29, 1.82) is 0 Å². The van der Waals surface area contributed by atoms with Crippen LogP contribution in [0.4, 0.5) is 0 Å². The Morgan fingerprint density at radius 2 is 1.82 bits per heavy atom. The Balaban J connectivity index is 1.80. The number of likely N-dealkylation sites (N-methyl/N-ethyl adjacent to an activating group) is 1. The van der Waals surface area contributed by atoms with Crippen molar-refractivity contribution in [3.05, 3.63) is 63.7 Å². The SMILES string of the molecule is COc1cc(C[C@@H]2c3cc(C)c(C)cc3CC[N@+]2(C)CCC(=O)OCCCCCO)ccc1C. The zero-order valence-corrected chi connectivity index (χ0v) is 21.7. The number of fused-ring (bicyclic) bond motifs is 1. The molecular formula is C29H42NO4+. The van der Waals surface area contributed by atoms with Crippen LogP contribution in [-0.2, 0) is 22.4 Å². The molecule has 186 valence electrons. The number of methoxy groups -OCH3 is 1. The quantitative estimate of drug-likeness (QED) is 0.286. The number of hydrogen-bond acceptors (Lipinski definition) is 4. The average molecular weight is 469 g/mol. The first-order chi connectivity index (χ1) is 16.3. The second-order valence-corrected chi connectivity index (χ2v) is 10.1. The van der Waals surface area contributed by atoms with Gasteiger partial charge in [-0.2, -0.15) is 0 Å². The molecule has 34 heavy (non-hydrogen) atoms. The van der Waals surface area contributed by atoms with Gasteiger partial charge in [-0.1, -0.05) is 18.2 Å². The third-order valence-electron chi connectivity index (χ3n) is 7.55. The summed E-state index contributed by atoms with van der Waals surface area (Å²) < 4.78 is 11.9. The lowest BCUT2D eigenvalue weighted by molar-refractivity contribution is -0.940. The monoisotopic (exact) mass is 468 g/mol. The molecule has 2 aromatic rings. The summed E-state index contributed by atoms with van der Waals surface area (Å²) in [5, 5.41) is 8.89. The first kappa shape index (κ1) is 26.2. The van der Waals surface area contributed by atoms with E-state index in [1.54, 1.807) is 7.11 Å². The van der Waals surface area contributed by atoms with Crippen molar-refractivity contribution >= 4 is 5.97 Å². The van der Waals surface area contributed by atoms with Gasteiger partial charge in [0.1, 0.15) is 11.8 Å². The van der Waals surface area contributed by atoms with E-state index in [1.807, 2.05) is 0 Å². The number of aliphatic hydroxyl groups is 1. The minimum atomic E-state index is -0.120. The average Bonchev–Trinajstić information content (AvgIpc) is 2.82. The Morgan fingerprint density at radius 1 is 1.06 bits per heavy atom. The molecule has 1 aliphatic heterocycles. The summed E-state index contributed by atoms with van der Waals surface area (Å²) in [6, 6.07) is 11.5. The lowest BCUT2D eigenvalue weighted by atomic mass is 9.84. The zero-order chi connectivity index (χ0) is 24.7. The van der Waals surface area contributed by atoms with Gasteiger partial charge in [0.2, 0.25) is 0 Å². The highest BCUT2D eigenvalue weighted by Gasteiger charge is 2.39. The van der Waals surface area contributed by atoms with Crippen molar-refractivity contribution in [2.24, 2.45) is 0 Å². The third-order valence-corrected chi connectivity index (χ3v) is 7.55. The predicted molar refractivity (Wildman–Crippen MR) is 136 cm³/mol. The molecule has 5 heteroatoms. The van der Waals surface area contributed by atoms with Crippen LogP contribution in [0.1, 0.15) is 65.1 Å². The molecule has 0 unspecified atom stereocenters. The fourth-order valence-corrected chi connectivity index (χ4v) is 5.10. The zero-order valence-electron chi connectivity index (χ0n) is 21.7. The number of quaternary nitrogens is 1. The molecule has 1 aliphatic rings. The molecule has 0 aliphatic carbocycles. The Hall–Kier alpha value is -2.37. The Morgan fingerprint density at radius 3 is 2.56 bits per heavy atom. The smallest absolute Gasteiger partial charge is 0.311 e. The normalized spacial score (nSPS) is 19.5. The van der Waals surface area contributed by atoms with Crippen LogP contribution in [0.25, 0.3) is 0 Å². The summed E-state index contributed by atoms with van der Waals surface area (Å²) in [7, 11) is 4.02. The molecule has 0 fully saturated rings. The number of benzene rings is 2. The van der Waals surface area contributed by atoms with Gasteiger partial charge in [-0.3, -0.25) is 4.79 Å². The number of rotatable bonds is 11. The summed E-state index contributed by atoms with van der Waals surface area (Å²) in [6.45, 7) is 8.85. The van der Waals surface area contributed by atoms with E-state index in [4.69, 9.17) is 14.6 Å². The van der Waals surface area contributed by atoms with E-state index in [1.165, 1.54) is 27.8 Å². The molecule has 0 spiro atoms. The molecule has 1 heterocycles. The molecular weight excluding hydrogens is 426 g/mol. The highest BCUT2D eigenvalue weighted by atomic mass is 16.5. The number of carbonyl (C=O) groups excluding carboxylic acids is 1. The maximum absolute atomic E-state index is 12.5. The van der Waals surface area contributed by atoms with E-state index in [0.29, 0.717) is 13.0 Å². The van der Waals surface area contributed by atoms with Gasteiger partial charge in [-0.15, -0.1) is 0 Å².